The number of nitrogens with one attached hydrogen (secondary N) is 4. The summed E-state index contributed by atoms with van der Waals surface area (Å²) in [5.41, 5.74) is 11.7. The number of aliphatic carboxylic acids is 1. The Hall–Kier alpha value is -3.48. The van der Waals surface area contributed by atoms with Crippen molar-refractivity contribution >= 4 is 29.6 Å². The summed E-state index contributed by atoms with van der Waals surface area (Å²) in [6.07, 6.45) is 3.35. The van der Waals surface area contributed by atoms with Crippen LogP contribution in [0.2, 0.25) is 0 Å². The molecule has 5 atom stereocenters. The van der Waals surface area contributed by atoms with Crippen molar-refractivity contribution in [2.45, 2.75) is 77.5 Å². The molecular formula is C22H37N7O6. The molecule has 13 nitrogen and oxygen atoms in total. The van der Waals surface area contributed by atoms with E-state index >= 15 is 0 Å². The average molecular weight is 496 g/mol. The topological polar surface area (TPSA) is 222 Å². The summed E-state index contributed by atoms with van der Waals surface area (Å²) >= 11 is 0. The maximum Gasteiger partial charge on any atom is 0.326 e. The molecular weight excluding hydrogens is 458 g/mol. The van der Waals surface area contributed by atoms with Crippen LogP contribution in [-0.2, 0) is 30.4 Å². The number of hydrogen-bond acceptors (Lipinski definition) is 7. The third-order valence-corrected chi connectivity index (χ3v) is 5.48. The third kappa shape index (κ3) is 10.1. The Morgan fingerprint density at radius 3 is 2.14 bits per heavy atom. The first-order valence-corrected chi connectivity index (χ1v) is 11.5. The number of aromatic amines is 1. The molecule has 13 heteroatoms. The van der Waals surface area contributed by atoms with Crippen molar-refractivity contribution in [2.75, 3.05) is 0 Å². The summed E-state index contributed by atoms with van der Waals surface area (Å²) < 4.78 is 0. The Bertz CT molecular complexity index is 874. The van der Waals surface area contributed by atoms with Gasteiger partial charge in [0.2, 0.25) is 23.6 Å². The number of carbonyl (C=O) groups is 5. The predicted molar refractivity (Wildman–Crippen MR) is 126 cm³/mol. The number of aromatic nitrogens is 2. The van der Waals surface area contributed by atoms with Crippen molar-refractivity contribution in [1.29, 1.82) is 0 Å². The third-order valence-electron chi connectivity index (χ3n) is 5.48. The number of imidazole rings is 1. The molecule has 0 aliphatic rings. The van der Waals surface area contributed by atoms with Gasteiger partial charge in [0.15, 0.2) is 0 Å². The highest BCUT2D eigenvalue weighted by Crippen LogP contribution is 2.12. The van der Waals surface area contributed by atoms with E-state index in [-0.39, 0.29) is 24.7 Å². The molecule has 0 aliphatic carbocycles. The summed E-state index contributed by atoms with van der Waals surface area (Å²) in [6, 6.07) is -4.55. The molecule has 0 saturated carbocycles. The van der Waals surface area contributed by atoms with Crippen LogP contribution in [-0.4, -0.2) is 68.8 Å². The molecule has 0 radical (unpaired) electrons. The van der Waals surface area contributed by atoms with Crippen LogP contribution in [0.5, 0.6) is 0 Å². The van der Waals surface area contributed by atoms with Crippen molar-refractivity contribution in [3.05, 3.63) is 18.2 Å². The highest BCUT2D eigenvalue weighted by molar-refractivity contribution is 5.95. The van der Waals surface area contributed by atoms with E-state index in [0.717, 1.165) is 0 Å². The molecule has 0 spiro atoms. The minimum absolute atomic E-state index is 0.0371. The second-order valence-electron chi connectivity index (χ2n) is 9.02. The van der Waals surface area contributed by atoms with Gasteiger partial charge < -0.3 is 37.5 Å². The number of hydrogen-bond donors (Lipinski definition) is 7. The van der Waals surface area contributed by atoms with Crippen LogP contribution in [0.4, 0.5) is 0 Å². The number of nitrogens with zero attached hydrogens (tertiary/aromatic N) is 1. The number of carboxylic acid groups (broad SMARTS) is 1. The van der Waals surface area contributed by atoms with Crippen LogP contribution in [0, 0.1) is 11.8 Å². The van der Waals surface area contributed by atoms with E-state index < -0.39 is 60.2 Å². The van der Waals surface area contributed by atoms with Gasteiger partial charge in [0.05, 0.1) is 18.8 Å². The van der Waals surface area contributed by atoms with E-state index in [0.29, 0.717) is 12.1 Å². The summed E-state index contributed by atoms with van der Waals surface area (Å²) in [5, 5.41) is 16.8. The van der Waals surface area contributed by atoms with E-state index in [1.54, 1.807) is 13.1 Å². The summed E-state index contributed by atoms with van der Waals surface area (Å²) in [5.74, 6) is -4.57. The summed E-state index contributed by atoms with van der Waals surface area (Å²) in [6.45, 7) is 7.27. The number of carboxylic acids is 1. The molecule has 1 aromatic heterocycles. The first kappa shape index (κ1) is 29.6. The molecule has 0 saturated heterocycles. The molecule has 196 valence electrons. The molecule has 1 heterocycles. The van der Waals surface area contributed by atoms with Crippen LogP contribution >= 0.6 is 0 Å². The van der Waals surface area contributed by atoms with Gasteiger partial charge in [0.25, 0.3) is 0 Å². The SMILES string of the molecule is CCC(C)C(NC(=O)C(N)Cc1cnc[nH]1)C(=O)NC(CC(C)C)C(=O)NC(CC(N)=O)C(=O)O. The van der Waals surface area contributed by atoms with Crippen LogP contribution in [0.1, 0.15) is 52.7 Å². The molecule has 5 unspecified atom stereocenters. The molecule has 0 bridgehead atoms. The first-order chi connectivity index (χ1) is 16.3. The van der Waals surface area contributed by atoms with Gasteiger partial charge in [-0.25, -0.2) is 9.78 Å². The molecule has 0 fully saturated rings. The zero-order valence-electron chi connectivity index (χ0n) is 20.5. The van der Waals surface area contributed by atoms with Crippen molar-refractivity contribution in [3.63, 3.8) is 0 Å². The Labute approximate surface area is 204 Å². The number of H-pyrrole nitrogens is 1. The lowest BCUT2D eigenvalue weighted by atomic mass is 9.96. The first-order valence-electron chi connectivity index (χ1n) is 11.5. The summed E-state index contributed by atoms with van der Waals surface area (Å²) in [4.78, 5) is 68.0. The largest absolute Gasteiger partial charge is 0.480 e. The van der Waals surface area contributed by atoms with Crippen molar-refractivity contribution in [3.8, 4) is 0 Å². The fourth-order valence-corrected chi connectivity index (χ4v) is 3.33. The summed E-state index contributed by atoms with van der Waals surface area (Å²) in [7, 11) is 0. The van der Waals surface area contributed by atoms with Crippen LogP contribution < -0.4 is 27.4 Å². The van der Waals surface area contributed by atoms with E-state index in [1.165, 1.54) is 6.33 Å². The molecule has 4 amide bonds. The smallest absolute Gasteiger partial charge is 0.326 e. The van der Waals surface area contributed by atoms with Crippen LogP contribution in [0.15, 0.2) is 12.5 Å². The van der Waals surface area contributed by atoms with E-state index in [4.69, 9.17) is 11.5 Å². The monoisotopic (exact) mass is 495 g/mol. The van der Waals surface area contributed by atoms with Gasteiger partial charge in [0.1, 0.15) is 18.1 Å². The number of carbonyl (C=O) groups excluding carboxylic acids is 4. The minimum Gasteiger partial charge on any atom is -0.480 e. The fourth-order valence-electron chi connectivity index (χ4n) is 3.33. The normalized spacial score (nSPS) is 15.4. The van der Waals surface area contributed by atoms with Crippen LogP contribution in [0.3, 0.4) is 0 Å². The van der Waals surface area contributed by atoms with Gasteiger partial charge in [0, 0.05) is 18.3 Å². The quantitative estimate of drug-likeness (QED) is 0.156. The zero-order valence-corrected chi connectivity index (χ0v) is 20.5. The molecule has 1 aromatic rings. The van der Waals surface area contributed by atoms with Crippen LogP contribution in [0.25, 0.3) is 0 Å². The Kier molecular flexibility index (Phi) is 11.9. The second kappa shape index (κ2) is 14.0. The van der Waals surface area contributed by atoms with Gasteiger partial charge in [-0.1, -0.05) is 34.1 Å². The highest BCUT2D eigenvalue weighted by Gasteiger charge is 2.33. The molecule has 0 aliphatic heterocycles. The average Bonchev–Trinajstić information content (AvgIpc) is 3.27. The van der Waals surface area contributed by atoms with Gasteiger partial charge in [-0.05, 0) is 18.3 Å². The maximum absolute atomic E-state index is 13.2. The Balaban J connectivity index is 2.98. The van der Waals surface area contributed by atoms with Crippen molar-refractivity contribution in [2.24, 2.45) is 23.3 Å². The van der Waals surface area contributed by atoms with Crippen molar-refractivity contribution < 1.29 is 29.1 Å². The lowest BCUT2D eigenvalue weighted by Gasteiger charge is -2.28. The van der Waals surface area contributed by atoms with Gasteiger partial charge in [-0.3, -0.25) is 19.2 Å². The molecule has 35 heavy (non-hydrogen) atoms. The highest BCUT2D eigenvalue weighted by atomic mass is 16.4. The Morgan fingerprint density at radius 1 is 1.03 bits per heavy atom. The van der Waals surface area contributed by atoms with Crippen molar-refractivity contribution in [1.82, 2.24) is 25.9 Å². The fraction of sp³-hybridized carbons (Fsp3) is 0.636. The molecule has 9 N–H and O–H groups in total. The van der Waals surface area contributed by atoms with E-state index in [1.807, 2.05) is 20.8 Å². The van der Waals surface area contributed by atoms with E-state index in [2.05, 4.69) is 25.9 Å². The second-order valence-corrected chi connectivity index (χ2v) is 9.02. The number of amides is 4. The minimum atomic E-state index is -1.53. The van der Waals surface area contributed by atoms with E-state index in [9.17, 15) is 29.1 Å². The lowest BCUT2D eigenvalue weighted by molar-refractivity contribution is -0.144. The molecule has 0 aromatic carbocycles. The predicted octanol–water partition coefficient (Wildman–Crippen LogP) is -1.21. The maximum atomic E-state index is 13.2. The lowest BCUT2D eigenvalue weighted by Crippen LogP contribution is -2.59. The standard InChI is InChI=1S/C22H37N7O6/c1-5-12(4)18(29-19(31)14(23)7-13-9-25-10-26-13)21(33)27-15(6-11(2)3)20(32)28-16(22(34)35)8-17(24)30/h9-12,14-16,18H,5-8,23H2,1-4H3,(H2,24,30)(H,25,26)(H,27,33)(H,28,32)(H,29,31)(H,34,35). The number of nitrogens with two attached hydrogens (primary N) is 2. The number of rotatable bonds is 15. The Morgan fingerprint density at radius 2 is 1.66 bits per heavy atom. The van der Waals surface area contributed by atoms with Gasteiger partial charge >= 0.3 is 5.97 Å². The zero-order chi connectivity index (χ0) is 26.7. The van der Waals surface area contributed by atoms with Gasteiger partial charge in [-0.2, -0.15) is 0 Å². The molecule has 1 rings (SSSR count). The number of primary amides is 1. The van der Waals surface area contributed by atoms with Gasteiger partial charge in [-0.15, -0.1) is 0 Å².